The Morgan fingerprint density at radius 1 is 1.61 bits per heavy atom. The molecular formula is C11H13ClN4O2. The fraction of sp³-hybridized carbons (Fsp3) is 0.273. The molecule has 18 heavy (non-hydrogen) atoms. The molecule has 0 aliphatic heterocycles. The molecule has 0 unspecified atom stereocenters. The molecule has 0 aromatic carbocycles. The van der Waals surface area contributed by atoms with E-state index in [0.717, 1.165) is 11.4 Å². The normalized spacial score (nSPS) is 10.7. The van der Waals surface area contributed by atoms with Crippen molar-refractivity contribution in [2.75, 3.05) is 0 Å². The van der Waals surface area contributed by atoms with Crippen molar-refractivity contribution < 1.29 is 9.21 Å². The maximum Gasteiger partial charge on any atom is 0.268 e. The second-order valence-corrected chi connectivity index (χ2v) is 4.30. The number of nitrogens with one attached hydrogen (secondary N) is 1. The lowest BCUT2D eigenvalue weighted by atomic mass is 10.3. The van der Waals surface area contributed by atoms with E-state index in [4.69, 9.17) is 21.9 Å². The molecular weight excluding hydrogens is 256 g/mol. The van der Waals surface area contributed by atoms with Crippen LogP contribution in [0, 0.1) is 13.8 Å². The van der Waals surface area contributed by atoms with Gasteiger partial charge in [-0.15, -0.1) is 0 Å². The van der Waals surface area contributed by atoms with Crippen molar-refractivity contribution in [1.29, 1.82) is 0 Å². The number of amides is 1. The molecule has 7 heteroatoms. The minimum atomic E-state index is -0.392. The summed E-state index contributed by atoms with van der Waals surface area (Å²) in [5.41, 5.74) is 4.04. The predicted octanol–water partition coefficient (Wildman–Crippen LogP) is 1.40. The Balaban J connectivity index is 2.21. The molecule has 2 aromatic rings. The summed E-state index contributed by atoms with van der Waals surface area (Å²) < 4.78 is 7.00. The van der Waals surface area contributed by atoms with Crippen LogP contribution in [-0.2, 0) is 6.54 Å². The van der Waals surface area contributed by atoms with E-state index in [-0.39, 0.29) is 0 Å². The number of aryl methyl sites for hydroxylation is 1. The quantitative estimate of drug-likeness (QED) is 0.500. The highest BCUT2D eigenvalue weighted by atomic mass is 35.5. The summed E-state index contributed by atoms with van der Waals surface area (Å²) >= 11 is 6.05. The van der Waals surface area contributed by atoms with E-state index in [2.05, 4.69) is 5.10 Å². The smallest absolute Gasteiger partial charge is 0.268 e. The fourth-order valence-electron chi connectivity index (χ4n) is 1.64. The van der Waals surface area contributed by atoms with Crippen LogP contribution >= 0.6 is 11.6 Å². The highest BCUT2D eigenvalue weighted by Gasteiger charge is 2.13. The fourth-order valence-corrected chi connectivity index (χ4v) is 1.78. The van der Waals surface area contributed by atoms with Crippen LogP contribution < -0.4 is 11.3 Å². The molecule has 0 bridgehead atoms. The van der Waals surface area contributed by atoms with Gasteiger partial charge < -0.3 is 4.42 Å². The molecule has 2 heterocycles. The first-order valence-electron chi connectivity index (χ1n) is 5.30. The first-order valence-corrected chi connectivity index (χ1v) is 5.68. The van der Waals surface area contributed by atoms with Gasteiger partial charge in [0.05, 0.1) is 28.5 Å². The van der Waals surface area contributed by atoms with Crippen molar-refractivity contribution in [3.05, 3.63) is 40.1 Å². The lowest BCUT2D eigenvalue weighted by molar-refractivity contribution is 0.0953. The summed E-state index contributed by atoms with van der Waals surface area (Å²) in [7, 11) is 0. The average Bonchev–Trinajstić information content (AvgIpc) is 2.91. The Kier molecular flexibility index (Phi) is 3.40. The minimum absolute atomic E-state index is 0.375. The summed E-state index contributed by atoms with van der Waals surface area (Å²) in [5.74, 6) is 5.25. The SMILES string of the molecule is Cc1nn(Cc2cc(C(=O)NN)co2)c(C)c1Cl. The van der Waals surface area contributed by atoms with Crippen molar-refractivity contribution >= 4 is 17.5 Å². The van der Waals surface area contributed by atoms with E-state index in [1.54, 1.807) is 10.7 Å². The van der Waals surface area contributed by atoms with Gasteiger partial charge in [0.1, 0.15) is 12.0 Å². The lowest BCUT2D eigenvalue weighted by Gasteiger charge is -2.00. The molecule has 0 saturated carbocycles. The van der Waals surface area contributed by atoms with Gasteiger partial charge >= 0.3 is 0 Å². The number of furan rings is 1. The maximum absolute atomic E-state index is 11.3. The number of halogens is 1. The maximum atomic E-state index is 11.3. The third-order valence-corrected chi connectivity index (χ3v) is 3.19. The Morgan fingerprint density at radius 2 is 2.33 bits per heavy atom. The molecule has 6 nitrogen and oxygen atoms in total. The number of nitrogen functional groups attached to an aromatic ring is 1. The van der Waals surface area contributed by atoms with Crippen LogP contribution in [0.2, 0.25) is 5.02 Å². The van der Waals surface area contributed by atoms with Crippen molar-refractivity contribution in [3.8, 4) is 0 Å². The Morgan fingerprint density at radius 3 is 2.89 bits per heavy atom. The number of nitrogens with zero attached hydrogens (tertiary/aromatic N) is 2. The molecule has 96 valence electrons. The van der Waals surface area contributed by atoms with E-state index < -0.39 is 5.91 Å². The standard InChI is InChI=1S/C11H13ClN4O2/c1-6-10(12)7(2)16(15-6)4-9-3-8(5-18-9)11(17)14-13/h3,5H,4,13H2,1-2H3,(H,14,17). The number of aromatic nitrogens is 2. The van der Waals surface area contributed by atoms with E-state index in [0.29, 0.717) is 22.9 Å². The minimum Gasteiger partial charge on any atom is -0.467 e. The highest BCUT2D eigenvalue weighted by Crippen LogP contribution is 2.20. The molecule has 0 aliphatic carbocycles. The number of rotatable bonds is 3. The van der Waals surface area contributed by atoms with Gasteiger partial charge in [-0.05, 0) is 19.9 Å². The molecule has 0 atom stereocenters. The monoisotopic (exact) mass is 268 g/mol. The van der Waals surface area contributed by atoms with Crippen LogP contribution in [0.15, 0.2) is 16.7 Å². The molecule has 2 aromatic heterocycles. The van der Waals surface area contributed by atoms with Gasteiger partial charge in [-0.25, -0.2) is 5.84 Å². The molecule has 0 fully saturated rings. The molecule has 0 spiro atoms. The zero-order valence-corrected chi connectivity index (χ0v) is 10.8. The molecule has 3 N–H and O–H groups in total. The first-order chi connectivity index (χ1) is 8.52. The first kappa shape index (κ1) is 12.7. The van der Waals surface area contributed by atoms with Gasteiger partial charge in [0.2, 0.25) is 0 Å². The zero-order chi connectivity index (χ0) is 13.3. The van der Waals surface area contributed by atoms with E-state index in [9.17, 15) is 4.79 Å². The number of hydrogen-bond acceptors (Lipinski definition) is 4. The van der Waals surface area contributed by atoms with Gasteiger partial charge in [-0.2, -0.15) is 5.10 Å². The van der Waals surface area contributed by atoms with Crippen molar-refractivity contribution in [2.45, 2.75) is 20.4 Å². The van der Waals surface area contributed by atoms with Crippen LogP contribution in [0.3, 0.4) is 0 Å². The van der Waals surface area contributed by atoms with Crippen molar-refractivity contribution in [2.24, 2.45) is 5.84 Å². The molecule has 2 rings (SSSR count). The summed E-state index contributed by atoms with van der Waals surface area (Å²) in [6, 6.07) is 1.62. The summed E-state index contributed by atoms with van der Waals surface area (Å²) in [5, 5.41) is 4.92. The summed E-state index contributed by atoms with van der Waals surface area (Å²) in [6.07, 6.45) is 1.35. The Labute approximate surface area is 109 Å². The van der Waals surface area contributed by atoms with Gasteiger partial charge in [-0.3, -0.25) is 14.9 Å². The molecule has 0 radical (unpaired) electrons. The third-order valence-electron chi connectivity index (χ3n) is 2.65. The van der Waals surface area contributed by atoms with Gasteiger partial charge in [-0.1, -0.05) is 11.6 Å². The van der Waals surface area contributed by atoms with E-state index in [1.807, 2.05) is 19.3 Å². The van der Waals surface area contributed by atoms with E-state index >= 15 is 0 Å². The topological polar surface area (TPSA) is 86.1 Å². The zero-order valence-electron chi connectivity index (χ0n) is 10.0. The van der Waals surface area contributed by atoms with Crippen molar-refractivity contribution in [1.82, 2.24) is 15.2 Å². The van der Waals surface area contributed by atoms with Crippen molar-refractivity contribution in [3.63, 3.8) is 0 Å². The van der Waals surface area contributed by atoms with Gasteiger partial charge in [0.25, 0.3) is 5.91 Å². The van der Waals surface area contributed by atoms with Gasteiger partial charge in [0.15, 0.2) is 0 Å². The summed E-state index contributed by atoms with van der Waals surface area (Å²) in [6.45, 7) is 4.12. The second-order valence-electron chi connectivity index (χ2n) is 3.92. The number of carbonyl (C=O) groups is 1. The number of nitrogens with two attached hydrogens (primary N) is 1. The molecule has 0 aliphatic rings. The number of hydrazine groups is 1. The lowest BCUT2D eigenvalue weighted by Crippen LogP contribution is -2.29. The molecule has 0 saturated heterocycles. The van der Waals surface area contributed by atoms with Crippen LogP contribution in [0.4, 0.5) is 0 Å². The summed E-state index contributed by atoms with van der Waals surface area (Å²) in [4.78, 5) is 11.3. The highest BCUT2D eigenvalue weighted by molar-refractivity contribution is 6.31. The largest absolute Gasteiger partial charge is 0.467 e. The average molecular weight is 269 g/mol. The number of hydrogen-bond donors (Lipinski definition) is 2. The van der Waals surface area contributed by atoms with Crippen LogP contribution in [0.1, 0.15) is 27.5 Å². The number of carbonyl (C=O) groups excluding carboxylic acids is 1. The van der Waals surface area contributed by atoms with Crippen LogP contribution in [0.5, 0.6) is 0 Å². The Bertz CT molecular complexity index is 588. The Hall–Kier alpha value is -1.79. The van der Waals surface area contributed by atoms with Crippen LogP contribution in [0.25, 0.3) is 0 Å². The molecule has 1 amide bonds. The second kappa shape index (κ2) is 4.83. The van der Waals surface area contributed by atoms with Gasteiger partial charge in [0, 0.05) is 0 Å². The predicted molar refractivity (Wildman–Crippen MR) is 66.2 cm³/mol. The van der Waals surface area contributed by atoms with Crippen LogP contribution in [-0.4, -0.2) is 15.7 Å². The third kappa shape index (κ3) is 2.25. The van der Waals surface area contributed by atoms with E-state index in [1.165, 1.54) is 6.26 Å².